The van der Waals surface area contributed by atoms with E-state index in [9.17, 15) is 0 Å². The monoisotopic (exact) mass is 544 g/mol. The van der Waals surface area contributed by atoms with Gasteiger partial charge in [-0.15, -0.1) is 0 Å². The third kappa shape index (κ3) is 9.99. The Morgan fingerprint density at radius 2 is 0.895 bits per heavy atom. The average molecular weight is 545 g/mol. The van der Waals surface area contributed by atoms with Crippen LogP contribution in [0.15, 0.2) is 0 Å². The van der Waals surface area contributed by atoms with Gasteiger partial charge in [0.1, 0.15) is 0 Å². The van der Waals surface area contributed by atoms with E-state index in [1.807, 2.05) is 14.2 Å². The quantitative estimate of drug-likeness (QED) is 0.203. The van der Waals surface area contributed by atoms with Crippen LogP contribution in [0.5, 0.6) is 0 Å². The molecule has 0 spiro atoms. The van der Waals surface area contributed by atoms with Crippen molar-refractivity contribution in [2.24, 2.45) is 22.7 Å². The Labute approximate surface area is 236 Å². The molecule has 38 heavy (non-hydrogen) atoms. The molecule has 2 rings (SSSR count). The van der Waals surface area contributed by atoms with E-state index in [0.29, 0.717) is 11.8 Å². The van der Waals surface area contributed by atoms with Crippen LogP contribution in [0.1, 0.15) is 107 Å². The zero-order valence-electron chi connectivity index (χ0n) is 26.8. The molecule has 4 atom stereocenters. The molecule has 6 heteroatoms. The number of hydrogen-bond acceptors (Lipinski definition) is 6. The fourth-order valence-electron chi connectivity index (χ4n) is 7.27. The van der Waals surface area contributed by atoms with Gasteiger partial charge in [0, 0.05) is 51.5 Å². The minimum atomic E-state index is 0.0198. The van der Waals surface area contributed by atoms with Crippen molar-refractivity contribution in [3.63, 3.8) is 0 Å². The van der Waals surface area contributed by atoms with Crippen LogP contribution in [0.3, 0.4) is 0 Å². The number of methoxy groups -OCH3 is 2. The summed E-state index contributed by atoms with van der Waals surface area (Å²) >= 11 is 0. The summed E-state index contributed by atoms with van der Waals surface area (Å²) in [7, 11) is 3.65. The number of ether oxygens (including phenoxy) is 6. The van der Waals surface area contributed by atoms with Crippen LogP contribution >= 0.6 is 0 Å². The average Bonchev–Trinajstić information content (AvgIpc) is 2.88. The van der Waals surface area contributed by atoms with Gasteiger partial charge in [0.05, 0.1) is 37.6 Å². The summed E-state index contributed by atoms with van der Waals surface area (Å²) in [5.41, 5.74) is 0.0420. The maximum Gasteiger partial charge on any atom is 0.0678 e. The van der Waals surface area contributed by atoms with Crippen LogP contribution in [0.25, 0.3) is 0 Å². The molecule has 0 aromatic heterocycles. The fourth-order valence-corrected chi connectivity index (χ4v) is 7.27. The van der Waals surface area contributed by atoms with Crippen molar-refractivity contribution in [2.75, 3.05) is 53.9 Å². The second-order valence-electron chi connectivity index (χ2n) is 12.1. The molecule has 0 N–H and O–H groups in total. The van der Waals surface area contributed by atoms with Crippen LogP contribution < -0.4 is 0 Å². The third-order valence-electron chi connectivity index (χ3n) is 8.46. The van der Waals surface area contributed by atoms with Gasteiger partial charge in [-0.2, -0.15) is 0 Å². The number of hydrogen-bond donors (Lipinski definition) is 0. The summed E-state index contributed by atoms with van der Waals surface area (Å²) in [6, 6.07) is 0. The van der Waals surface area contributed by atoms with Crippen LogP contribution in [0, 0.1) is 22.7 Å². The molecule has 228 valence electrons. The molecular formula is C32H64O6. The van der Waals surface area contributed by atoms with E-state index in [1.54, 1.807) is 0 Å². The molecule has 2 fully saturated rings. The molecule has 0 saturated heterocycles. The van der Waals surface area contributed by atoms with Crippen molar-refractivity contribution >= 4 is 0 Å². The lowest BCUT2D eigenvalue weighted by Gasteiger charge is -2.49. The van der Waals surface area contributed by atoms with E-state index in [2.05, 4.69) is 55.4 Å². The molecule has 0 heterocycles. The van der Waals surface area contributed by atoms with Crippen molar-refractivity contribution in [2.45, 2.75) is 131 Å². The molecule has 2 saturated carbocycles. The smallest absolute Gasteiger partial charge is 0.0678 e. The molecule has 0 amide bonds. The van der Waals surface area contributed by atoms with E-state index in [-0.39, 0.29) is 35.2 Å². The van der Waals surface area contributed by atoms with Gasteiger partial charge in [-0.25, -0.2) is 0 Å². The highest BCUT2D eigenvalue weighted by atomic mass is 16.5. The van der Waals surface area contributed by atoms with Crippen LogP contribution in [-0.4, -0.2) is 78.3 Å². The molecule has 0 aliphatic heterocycles. The lowest BCUT2D eigenvalue weighted by molar-refractivity contribution is -0.180. The van der Waals surface area contributed by atoms with Crippen molar-refractivity contribution < 1.29 is 28.4 Å². The highest BCUT2D eigenvalue weighted by Gasteiger charge is 2.50. The van der Waals surface area contributed by atoms with Gasteiger partial charge in [-0.05, 0) is 90.9 Å². The summed E-state index contributed by atoms with van der Waals surface area (Å²) in [5.74, 6) is 1.25. The van der Waals surface area contributed by atoms with Crippen LogP contribution in [0.4, 0.5) is 0 Å². The van der Waals surface area contributed by atoms with E-state index in [0.717, 1.165) is 78.2 Å². The first kappa shape index (κ1) is 35.8. The molecule has 6 nitrogen and oxygen atoms in total. The van der Waals surface area contributed by atoms with Gasteiger partial charge in [-0.1, -0.05) is 27.7 Å². The van der Waals surface area contributed by atoms with Gasteiger partial charge in [-0.3, -0.25) is 0 Å². The largest absolute Gasteiger partial charge is 0.381 e. The first-order valence-corrected chi connectivity index (χ1v) is 15.6. The fraction of sp³-hybridized carbons (Fsp3) is 1.00. The maximum atomic E-state index is 6.11. The van der Waals surface area contributed by atoms with Crippen molar-refractivity contribution in [3.05, 3.63) is 0 Å². The summed E-state index contributed by atoms with van der Waals surface area (Å²) in [5, 5.41) is 0. The van der Waals surface area contributed by atoms with Gasteiger partial charge >= 0.3 is 0 Å². The predicted molar refractivity (Wildman–Crippen MR) is 157 cm³/mol. The predicted octanol–water partition coefficient (Wildman–Crippen LogP) is 7.32. The van der Waals surface area contributed by atoms with Gasteiger partial charge in [0.25, 0.3) is 0 Å². The lowest BCUT2D eigenvalue weighted by Crippen LogP contribution is -2.54. The third-order valence-corrected chi connectivity index (χ3v) is 8.46. The first-order chi connectivity index (χ1) is 18.2. The standard InChI is InChI=1S/C17H34O3.C15H30O3/c1-6-18-13-17(12-14(4)5)15(19-7-2)10-9-11-16(17)20-8-3;1-6-18-11-15(10-12(2)3)13(16-4)8-7-9-14(15)17-5/h14-16H,6-13H2,1-5H3;12-14H,6-11H2,1-5H3. The SMILES string of the molecule is CCOCC1(CC(C)C)C(OC)CCCC1OC.CCOCC1(CC(C)C)C(OCC)CCCC1OCC. The van der Waals surface area contributed by atoms with Crippen molar-refractivity contribution in [3.8, 4) is 0 Å². The molecule has 2 aliphatic rings. The van der Waals surface area contributed by atoms with Crippen LogP contribution in [0.2, 0.25) is 0 Å². The lowest BCUT2D eigenvalue weighted by atomic mass is 9.65. The highest BCUT2D eigenvalue weighted by Crippen LogP contribution is 2.46. The Hall–Kier alpha value is -0.240. The summed E-state index contributed by atoms with van der Waals surface area (Å²) < 4.78 is 35.4. The topological polar surface area (TPSA) is 55.4 Å². The van der Waals surface area contributed by atoms with E-state index >= 15 is 0 Å². The molecule has 4 unspecified atom stereocenters. The number of rotatable bonds is 16. The minimum Gasteiger partial charge on any atom is -0.381 e. The molecule has 2 aliphatic carbocycles. The van der Waals surface area contributed by atoms with E-state index in [1.165, 1.54) is 12.8 Å². The maximum absolute atomic E-state index is 6.11. The van der Waals surface area contributed by atoms with Crippen molar-refractivity contribution in [1.82, 2.24) is 0 Å². The Balaban J connectivity index is 0.000000382. The normalized spacial score (nSPS) is 31.9. The zero-order chi connectivity index (χ0) is 28.6. The van der Waals surface area contributed by atoms with Gasteiger partial charge < -0.3 is 28.4 Å². The minimum absolute atomic E-state index is 0.0198. The van der Waals surface area contributed by atoms with E-state index < -0.39 is 0 Å². The molecular weight excluding hydrogens is 480 g/mol. The van der Waals surface area contributed by atoms with Crippen molar-refractivity contribution in [1.29, 1.82) is 0 Å². The Bertz CT molecular complexity index is 550. The Morgan fingerprint density at radius 3 is 1.18 bits per heavy atom. The molecule has 0 aromatic rings. The Kier molecular flexibility index (Phi) is 17.9. The summed E-state index contributed by atoms with van der Waals surface area (Å²) in [4.78, 5) is 0. The van der Waals surface area contributed by atoms with E-state index in [4.69, 9.17) is 28.4 Å². The molecule has 0 radical (unpaired) electrons. The Morgan fingerprint density at radius 1 is 0.553 bits per heavy atom. The summed E-state index contributed by atoms with van der Waals surface area (Å²) in [6.45, 7) is 22.0. The van der Waals surface area contributed by atoms with Gasteiger partial charge in [0.15, 0.2) is 0 Å². The van der Waals surface area contributed by atoms with Crippen LogP contribution in [-0.2, 0) is 28.4 Å². The molecule has 0 aromatic carbocycles. The van der Waals surface area contributed by atoms with Gasteiger partial charge in [0.2, 0.25) is 0 Å². The second-order valence-corrected chi connectivity index (χ2v) is 12.1. The molecule has 0 bridgehead atoms. The summed E-state index contributed by atoms with van der Waals surface area (Å²) in [6.07, 6.45) is 10.2. The second kappa shape index (κ2) is 19.0. The first-order valence-electron chi connectivity index (χ1n) is 15.6. The highest BCUT2D eigenvalue weighted by molar-refractivity contribution is 4.99. The zero-order valence-corrected chi connectivity index (χ0v) is 26.8.